The molecule has 0 bridgehead atoms. The lowest BCUT2D eigenvalue weighted by molar-refractivity contribution is 0.0930. The van der Waals surface area contributed by atoms with E-state index >= 15 is 0 Å². The summed E-state index contributed by atoms with van der Waals surface area (Å²) in [4.78, 5) is 19.2. The van der Waals surface area contributed by atoms with Gasteiger partial charge in [-0.1, -0.05) is 6.92 Å². The van der Waals surface area contributed by atoms with Crippen LogP contribution in [0.4, 0.5) is 0 Å². The molecule has 0 aromatic carbocycles. The maximum absolute atomic E-state index is 12.3. The Morgan fingerprint density at radius 2 is 2.20 bits per heavy atom. The average molecular weight is 293 g/mol. The standard InChI is InChI=1S/C15H23N3OS/c1-9(2)18-6-10(3)12(7-18)16-14(19)15-17-13(8-20-15)11-4-5-11/h8-12H,4-7H2,1-3H3,(H,16,19)/t10-,12-/m0/s1. The summed E-state index contributed by atoms with van der Waals surface area (Å²) in [6, 6.07) is 0.791. The molecule has 1 aliphatic carbocycles. The number of hydrogen-bond acceptors (Lipinski definition) is 4. The van der Waals surface area contributed by atoms with Gasteiger partial charge in [0, 0.05) is 36.5 Å². The van der Waals surface area contributed by atoms with E-state index in [-0.39, 0.29) is 11.9 Å². The monoisotopic (exact) mass is 293 g/mol. The maximum Gasteiger partial charge on any atom is 0.280 e. The van der Waals surface area contributed by atoms with Crippen LogP contribution in [0.15, 0.2) is 5.38 Å². The normalized spacial score (nSPS) is 27.2. The third kappa shape index (κ3) is 2.88. The van der Waals surface area contributed by atoms with Crippen LogP contribution in [-0.2, 0) is 0 Å². The fourth-order valence-corrected chi connectivity index (χ4v) is 3.60. The lowest BCUT2D eigenvalue weighted by atomic mass is 10.1. The number of likely N-dealkylation sites (tertiary alicyclic amines) is 1. The zero-order valence-electron chi connectivity index (χ0n) is 12.4. The van der Waals surface area contributed by atoms with Crippen LogP contribution in [-0.4, -0.2) is 41.0 Å². The van der Waals surface area contributed by atoms with Crippen molar-refractivity contribution in [2.24, 2.45) is 5.92 Å². The number of nitrogens with one attached hydrogen (secondary N) is 1. The Balaban J connectivity index is 1.60. The van der Waals surface area contributed by atoms with Gasteiger partial charge in [-0.15, -0.1) is 11.3 Å². The number of hydrogen-bond donors (Lipinski definition) is 1. The summed E-state index contributed by atoms with van der Waals surface area (Å²) in [7, 11) is 0. The van der Waals surface area contributed by atoms with E-state index in [0.717, 1.165) is 18.8 Å². The SMILES string of the molecule is CC(C)N1C[C@H](NC(=O)c2nc(C3CC3)cs2)[C@@H](C)C1. The second-order valence-corrected chi connectivity index (χ2v) is 7.31. The molecule has 1 aromatic heterocycles. The zero-order valence-corrected chi connectivity index (χ0v) is 13.2. The van der Waals surface area contributed by atoms with E-state index in [9.17, 15) is 4.79 Å². The minimum Gasteiger partial charge on any atom is -0.346 e. The smallest absolute Gasteiger partial charge is 0.280 e. The number of amides is 1. The van der Waals surface area contributed by atoms with Crippen molar-refractivity contribution < 1.29 is 4.79 Å². The molecule has 110 valence electrons. The first kappa shape index (κ1) is 14.0. The lowest BCUT2D eigenvalue weighted by Crippen LogP contribution is -2.40. The molecule has 2 atom stereocenters. The van der Waals surface area contributed by atoms with Gasteiger partial charge in [0.25, 0.3) is 5.91 Å². The highest BCUT2D eigenvalue weighted by atomic mass is 32.1. The molecule has 1 aliphatic heterocycles. The number of rotatable bonds is 4. The Hall–Kier alpha value is -0.940. The number of carbonyl (C=O) groups is 1. The molecule has 1 saturated carbocycles. The first-order chi connectivity index (χ1) is 9.54. The molecule has 0 radical (unpaired) electrons. The number of carbonyl (C=O) groups excluding carboxylic acids is 1. The maximum atomic E-state index is 12.3. The Kier molecular flexibility index (Phi) is 3.82. The van der Waals surface area contributed by atoms with Gasteiger partial charge in [-0.3, -0.25) is 9.69 Å². The topological polar surface area (TPSA) is 45.2 Å². The molecule has 1 amide bonds. The van der Waals surface area contributed by atoms with E-state index in [2.05, 4.69) is 36.0 Å². The van der Waals surface area contributed by atoms with Gasteiger partial charge in [-0.2, -0.15) is 0 Å². The van der Waals surface area contributed by atoms with Crippen LogP contribution >= 0.6 is 11.3 Å². The summed E-state index contributed by atoms with van der Waals surface area (Å²) in [5, 5.41) is 5.84. The van der Waals surface area contributed by atoms with E-state index in [0.29, 0.717) is 22.9 Å². The van der Waals surface area contributed by atoms with Crippen molar-refractivity contribution in [3.8, 4) is 0 Å². The number of thiazole rings is 1. The van der Waals surface area contributed by atoms with E-state index < -0.39 is 0 Å². The van der Waals surface area contributed by atoms with E-state index in [4.69, 9.17) is 0 Å². The average Bonchev–Trinajstić information content (AvgIpc) is 3.01. The van der Waals surface area contributed by atoms with Gasteiger partial charge in [0.1, 0.15) is 0 Å². The van der Waals surface area contributed by atoms with Crippen LogP contribution < -0.4 is 5.32 Å². The number of nitrogens with zero attached hydrogens (tertiary/aromatic N) is 2. The Morgan fingerprint density at radius 3 is 2.80 bits per heavy atom. The Morgan fingerprint density at radius 1 is 1.45 bits per heavy atom. The Labute approximate surface area is 124 Å². The zero-order chi connectivity index (χ0) is 14.3. The molecule has 4 nitrogen and oxygen atoms in total. The molecule has 5 heteroatoms. The van der Waals surface area contributed by atoms with Crippen molar-refractivity contribution in [1.82, 2.24) is 15.2 Å². The van der Waals surface area contributed by atoms with Crippen LogP contribution in [0.3, 0.4) is 0 Å². The van der Waals surface area contributed by atoms with Crippen LogP contribution in [0.5, 0.6) is 0 Å². The van der Waals surface area contributed by atoms with Crippen molar-refractivity contribution in [2.45, 2.75) is 51.6 Å². The largest absolute Gasteiger partial charge is 0.346 e. The highest BCUT2D eigenvalue weighted by molar-refractivity contribution is 7.11. The number of aromatic nitrogens is 1. The molecule has 0 unspecified atom stereocenters. The van der Waals surface area contributed by atoms with Crippen molar-refractivity contribution in [3.63, 3.8) is 0 Å². The molecule has 20 heavy (non-hydrogen) atoms. The van der Waals surface area contributed by atoms with Crippen LogP contribution in [0.2, 0.25) is 0 Å². The Bertz CT molecular complexity index is 495. The highest BCUT2D eigenvalue weighted by Gasteiger charge is 2.33. The van der Waals surface area contributed by atoms with Crippen LogP contribution in [0.25, 0.3) is 0 Å². The van der Waals surface area contributed by atoms with Crippen LogP contribution in [0.1, 0.15) is 55.0 Å². The molecule has 3 rings (SSSR count). The summed E-state index contributed by atoms with van der Waals surface area (Å²) in [6.07, 6.45) is 2.46. The first-order valence-electron chi connectivity index (χ1n) is 7.55. The van der Waals surface area contributed by atoms with Gasteiger partial charge in [-0.25, -0.2) is 4.98 Å². The lowest BCUT2D eigenvalue weighted by Gasteiger charge is -2.20. The summed E-state index contributed by atoms with van der Waals surface area (Å²) in [6.45, 7) is 8.64. The second-order valence-electron chi connectivity index (χ2n) is 6.46. The summed E-state index contributed by atoms with van der Waals surface area (Å²) in [5.41, 5.74) is 1.11. The van der Waals surface area contributed by atoms with Crippen LogP contribution in [0, 0.1) is 5.92 Å². The predicted molar refractivity (Wildman–Crippen MR) is 81.2 cm³/mol. The minimum absolute atomic E-state index is 0.00403. The molecule has 0 spiro atoms. The molecule has 1 N–H and O–H groups in total. The summed E-state index contributed by atoms with van der Waals surface area (Å²) >= 11 is 1.48. The fraction of sp³-hybridized carbons (Fsp3) is 0.733. The molecule has 1 aromatic rings. The molecular formula is C15H23N3OS. The molecular weight excluding hydrogens is 270 g/mol. The predicted octanol–water partition coefficient (Wildman–Crippen LogP) is 2.48. The molecule has 2 heterocycles. The van der Waals surface area contributed by atoms with E-state index in [1.165, 1.54) is 24.2 Å². The first-order valence-corrected chi connectivity index (χ1v) is 8.43. The van der Waals surface area contributed by atoms with Crippen molar-refractivity contribution in [2.75, 3.05) is 13.1 Å². The van der Waals surface area contributed by atoms with Gasteiger partial charge in [-0.05, 0) is 32.6 Å². The quantitative estimate of drug-likeness (QED) is 0.927. The van der Waals surface area contributed by atoms with E-state index in [1.54, 1.807) is 0 Å². The summed E-state index contributed by atoms with van der Waals surface area (Å²) in [5.74, 6) is 1.13. The third-order valence-corrected chi connectivity index (χ3v) is 5.26. The van der Waals surface area contributed by atoms with Crippen molar-refractivity contribution >= 4 is 17.2 Å². The van der Waals surface area contributed by atoms with Gasteiger partial charge in [0.2, 0.25) is 0 Å². The third-order valence-electron chi connectivity index (χ3n) is 4.40. The second kappa shape index (κ2) is 5.45. The summed E-state index contributed by atoms with van der Waals surface area (Å²) < 4.78 is 0. The highest BCUT2D eigenvalue weighted by Crippen LogP contribution is 2.40. The van der Waals surface area contributed by atoms with Crippen molar-refractivity contribution in [3.05, 3.63) is 16.1 Å². The minimum atomic E-state index is 0.00403. The van der Waals surface area contributed by atoms with Crippen molar-refractivity contribution in [1.29, 1.82) is 0 Å². The van der Waals surface area contributed by atoms with Gasteiger partial charge >= 0.3 is 0 Å². The van der Waals surface area contributed by atoms with Gasteiger partial charge in [0.05, 0.1) is 5.69 Å². The molecule has 2 fully saturated rings. The molecule has 1 saturated heterocycles. The van der Waals surface area contributed by atoms with Gasteiger partial charge < -0.3 is 5.32 Å². The van der Waals surface area contributed by atoms with Gasteiger partial charge in [0.15, 0.2) is 5.01 Å². The molecule has 2 aliphatic rings. The van der Waals surface area contributed by atoms with E-state index in [1.807, 2.05) is 5.38 Å². The fourth-order valence-electron chi connectivity index (χ4n) is 2.80.